The lowest BCUT2D eigenvalue weighted by atomic mass is 10.3. The summed E-state index contributed by atoms with van der Waals surface area (Å²) in [6.07, 6.45) is 1.68. The van der Waals surface area contributed by atoms with Crippen molar-refractivity contribution in [1.29, 1.82) is 0 Å². The van der Waals surface area contributed by atoms with Crippen LogP contribution in [-0.4, -0.2) is 6.61 Å². The van der Waals surface area contributed by atoms with Crippen molar-refractivity contribution in [3.05, 3.63) is 60.2 Å². The first-order chi connectivity index (χ1) is 10.1. The van der Waals surface area contributed by atoms with Crippen molar-refractivity contribution in [2.24, 2.45) is 0 Å². The molecule has 0 aliphatic heterocycles. The Morgan fingerprint density at radius 1 is 0.905 bits per heavy atom. The van der Waals surface area contributed by atoms with Gasteiger partial charge in [-0.05, 0) is 55.0 Å². The van der Waals surface area contributed by atoms with E-state index in [1.807, 2.05) is 6.92 Å². The van der Waals surface area contributed by atoms with E-state index in [1.165, 1.54) is 48.5 Å². The summed E-state index contributed by atoms with van der Waals surface area (Å²) in [4.78, 5) is 0. The van der Waals surface area contributed by atoms with E-state index in [0.29, 0.717) is 17.2 Å². The summed E-state index contributed by atoms with van der Waals surface area (Å²) >= 11 is 0. The van der Waals surface area contributed by atoms with Gasteiger partial charge in [0.25, 0.3) is 7.37 Å². The lowest BCUT2D eigenvalue weighted by molar-refractivity contribution is 0.318. The molecule has 0 heterocycles. The number of unbranched alkanes of at least 4 members (excludes halogenated alkanes) is 1. The first-order valence-corrected chi connectivity index (χ1v) is 8.45. The Balaban J connectivity index is 2.40. The smallest absolute Gasteiger partial charge is 0.261 e. The molecule has 0 aromatic heterocycles. The molecule has 0 amide bonds. The summed E-state index contributed by atoms with van der Waals surface area (Å²) in [7, 11) is -3.33. The van der Waals surface area contributed by atoms with Crippen LogP contribution in [-0.2, 0) is 9.09 Å². The summed E-state index contributed by atoms with van der Waals surface area (Å²) < 4.78 is 45.0. The van der Waals surface area contributed by atoms with E-state index < -0.39 is 19.0 Å². The molecule has 0 bridgehead atoms. The molecule has 0 N–H and O–H groups in total. The molecule has 21 heavy (non-hydrogen) atoms. The Hall–Kier alpha value is -1.51. The number of benzene rings is 2. The summed E-state index contributed by atoms with van der Waals surface area (Å²) in [5.74, 6) is -0.809. The van der Waals surface area contributed by atoms with E-state index in [-0.39, 0.29) is 0 Å². The molecule has 112 valence electrons. The second kappa shape index (κ2) is 6.97. The molecule has 2 nitrogen and oxygen atoms in total. The molecule has 0 saturated heterocycles. The van der Waals surface area contributed by atoms with Crippen LogP contribution in [0.2, 0.25) is 0 Å². The first kappa shape index (κ1) is 15.9. The molecular formula is C16H17F2O2P. The van der Waals surface area contributed by atoms with Crippen molar-refractivity contribution in [3.8, 4) is 0 Å². The molecule has 0 spiro atoms. The van der Waals surface area contributed by atoms with Gasteiger partial charge in [0.1, 0.15) is 11.6 Å². The van der Waals surface area contributed by atoms with Crippen LogP contribution in [0.5, 0.6) is 0 Å². The molecule has 2 aromatic rings. The van der Waals surface area contributed by atoms with Crippen LogP contribution in [0.1, 0.15) is 19.8 Å². The zero-order valence-corrected chi connectivity index (χ0v) is 12.7. The average Bonchev–Trinajstić information content (AvgIpc) is 2.48. The average molecular weight is 310 g/mol. The number of hydrogen-bond donors (Lipinski definition) is 0. The van der Waals surface area contributed by atoms with E-state index in [2.05, 4.69) is 0 Å². The Morgan fingerprint density at radius 2 is 1.33 bits per heavy atom. The fourth-order valence-corrected chi connectivity index (χ4v) is 3.98. The molecular weight excluding hydrogens is 293 g/mol. The van der Waals surface area contributed by atoms with Crippen molar-refractivity contribution >= 4 is 18.0 Å². The third-order valence-corrected chi connectivity index (χ3v) is 5.61. The van der Waals surface area contributed by atoms with E-state index in [0.717, 1.165) is 12.8 Å². The molecule has 0 radical (unpaired) electrons. The molecule has 2 rings (SSSR count). The van der Waals surface area contributed by atoms with Gasteiger partial charge in [-0.3, -0.25) is 4.57 Å². The SMILES string of the molecule is CCCCOP(=O)(c1ccc(F)cc1)c1ccc(F)cc1. The van der Waals surface area contributed by atoms with Crippen molar-refractivity contribution in [2.75, 3.05) is 6.61 Å². The van der Waals surface area contributed by atoms with Crippen LogP contribution in [0.3, 0.4) is 0 Å². The maximum absolute atomic E-state index is 13.2. The quantitative estimate of drug-likeness (QED) is 0.595. The van der Waals surface area contributed by atoms with Crippen LogP contribution in [0.4, 0.5) is 8.78 Å². The van der Waals surface area contributed by atoms with Gasteiger partial charge in [0.05, 0.1) is 6.61 Å². The largest absolute Gasteiger partial charge is 0.322 e. The first-order valence-electron chi connectivity index (χ1n) is 6.83. The van der Waals surface area contributed by atoms with E-state index in [4.69, 9.17) is 4.52 Å². The van der Waals surface area contributed by atoms with Gasteiger partial charge in [0.2, 0.25) is 0 Å². The van der Waals surface area contributed by atoms with Gasteiger partial charge >= 0.3 is 0 Å². The van der Waals surface area contributed by atoms with Crippen molar-refractivity contribution < 1.29 is 17.9 Å². The van der Waals surface area contributed by atoms with E-state index in [1.54, 1.807) is 0 Å². The third kappa shape index (κ3) is 3.78. The minimum atomic E-state index is -3.33. The Morgan fingerprint density at radius 3 is 1.71 bits per heavy atom. The minimum Gasteiger partial charge on any atom is -0.322 e. The third-order valence-electron chi connectivity index (χ3n) is 3.10. The lowest BCUT2D eigenvalue weighted by Gasteiger charge is -2.19. The molecule has 0 atom stereocenters. The molecule has 0 saturated carbocycles. The van der Waals surface area contributed by atoms with Crippen LogP contribution in [0, 0.1) is 11.6 Å². The predicted molar refractivity (Wildman–Crippen MR) is 80.5 cm³/mol. The summed E-state index contributed by atoms with van der Waals surface area (Å²) in [6, 6.07) is 10.8. The number of rotatable bonds is 6. The molecule has 0 aliphatic carbocycles. The fraction of sp³-hybridized carbons (Fsp3) is 0.250. The lowest BCUT2D eigenvalue weighted by Crippen LogP contribution is -2.19. The van der Waals surface area contributed by atoms with Gasteiger partial charge < -0.3 is 4.52 Å². The molecule has 5 heteroatoms. The van der Waals surface area contributed by atoms with Crippen molar-refractivity contribution in [3.63, 3.8) is 0 Å². The second-order valence-electron chi connectivity index (χ2n) is 4.69. The highest BCUT2D eigenvalue weighted by Crippen LogP contribution is 2.44. The molecule has 0 unspecified atom stereocenters. The van der Waals surface area contributed by atoms with Gasteiger partial charge in [0.15, 0.2) is 0 Å². The Bertz CT molecular complexity index is 574. The van der Waals surface area contributed by atoms with Gasteiger partial charge in [-0.2, -0.15) is 0 Å². The predicted octanol–water partition coefficient (Wildman–Crippen LogP) is 4.01. The Kier molecular flexibility index (Phi) is 5.27. The highest BCUT2D eigenvalue weighted by atomic mass is 31.2. The van der Waals surface area contributed by atoms with Gasteiger partial charge in [-0.15, -0.1) is 0 Å². The number of halogens is 2. The summed E-state index contributed by atoms with van der Waals surface area (Å²) in [6.45, 7) is 2.34. The zero-order valence-electron chi connectivity index (χ0n) is 11.8. The van der Waals surface area contributed by atoms with Gasteiger partial charge in [-0.1, -0.05) is 13.3 Å². The maximum atomic E-state index is 13.2. The van der Waals surface area contributed by atoms with Crippen LogP contribution in [0.25, 0.3) is 0 Å². The topological polar surface area (TPSA) is 26.3 Å². The highest BCUT2D eigenvalue weighted by Gasteiger charge is 2.28. The van der Waals surface area contributed by atoms with E-state index in [9.17, 15) is 13.3 Å². The van der Waals surface area contributed by atoms with Crippen molar-refractivity contribution in [1.82, 2.24) is 0 Å². The maximum Gasteiger partial charge on any atom is 0.261 e. The number of hydrogen-bond acceptors (Lipinski definition) is 2. The monoisotopic (exact) mass is 310 g/mol. The normalized spacial score (nSPS) is 11.6. The minimum absolute atomic E-state index is 0.336. The second-order valence-corrected chi connectivity index (χ2v) is 7.09. The van der Waals surface area contributed by atoms with Crippen LogP contribution in [0.15, 0.2) is 48.5 Å². The summed E-state index contributed by atoms with van der Waals surface area (Å²) in [5.41, 5.74) is 0. The van der Waals surface area contributed by atoms with Crippen molar-refractivity contribution in [2.45, 2.75) is 19.8 Å². The highest BCUT2D eigenvalue weighted by molar-refractivity contribution is 7.74. The van der Waals surface area contributed by atoms with Crippen LogP contribution < -0.4 is 10.6 Å². The molecule has 0 fully saturated rings. The standard InChI is InChI=1S/C16H17F2O2P/c1-2-3-12-20-21(19,15-8-4-13(17)5-9-15)16-10-6-14(18)7-11-16/h4-11H,2-3,12H2,1H3. The molecule has 0 aliphatic rings. The van der Waals surface area contributed by atoms with Crippen LogP contribution >= 0.6 is 7.37 Å². The van der Waals surface area contributed by atoms with Gasteiger partial charge in [0, 0.05) is 10.6 Å². The van der Waals surface area contributed by atoms with E-state index >= 15 is 0 Å². The summed E-state index contributed by atoms with van der Waals surface area (Å²) in [5, 5.41) is 0.818. The fourth-order valence-electron chi connectivity index (χ4n) is 1.91. The zero-order chi connectivity index (χ0) is 15.3. The van der Waals surface area contributed by atoms with Gasteiger partial charge in [-0.25, -0.2) is 8.78 Å². The molecule has 2 aromatic carbocycles. The Labute approximate surface area is 123 Å².